The van der Waals surface area contributed by atoms with E-state index in [0.717, 1.165) is 25.1 Å². The zero-order valence-corrected chi connectivity index (χ0v) is 9.84. The summed E-state index contributed by atoms with van der Waals surface area (Å²) < 4.78 is 0. The van der Waals surface area contributed by atoms with Crippen molar-refractivity contribution in [3.8, 4) is 0 Å². The van der Waals surface area contributed by atoms with Gasteiger partial charge in [0.25, 0.3) is 5.91 Å². The largest absolute Gasteiger partial charge is 0.344 e. The Morgan fingerprint density at radius 1 is 1.50 bits per heavy atom. The lowest BCUT2D eigenvalue weighted by atomic mass is 10.0. The number of H-pyrrole nitrogens is 1. The highest BCUT2D eigenvalue weighted by Gasteiger charge is 2.31. The lowest BCUT2D eigenvalue weighted by Crippen LogP contribution is -2.44. The molecule has 0 bridgehead atoms. The van der Waals surface area contributed by atoms with E-state index in [0.29, 0.717) is 0 Å². The van der Waals surface area contributed by atoms with Gasteiger partial charge in [-0.2, -0.15) is 0 Å². The predicted molar refractivity (Wildman–Crippen MR) is 60.1 cm³/mol. The van der Waals surface area contributed by atoms with Gasteiger partial charge in [-0.25, -0.2) is 4.98 Å². The Morgan fingerprint density at radius 2 is 2.19 bits per heavy atom. The summed E-state index contributed by atoms with van der Waals surface area (Å²) >= 11 is 0. The van der Waals surface area contributed by atoms with E-state index >= 15 is 0 Å². The second-order valence-electron chi connectivity index (χ2n) is 4.68. The molecule has 0 spiro atoms. The van der Waals surface area contributed by atoms with Crippen molar-refractivity contribution in [1.29, 1.82) is 0 Å². The molecule has 2 rings (SSSR count). The minimum Gasteiger partial charge on any atom is -0.344 e. The molecule has 1 amide bonds. The van der Waals surface area contributed by atoms with Crippen LogP contribution in [-0.4, -0.2) is 26.6 Å². The number of carbonyl (C=O) groups excluding carboxylic acids is 1. The molecule has 0 atom stereocenters. The molecule has 1 aliphatic carbocycles. The number of aromatic amines is 1. The van der Waals surface area contributed by atoms with Crippen LogP contribution in [0.3, 0.4) is 0 Å². The molecule has 0 unspecified atom stereocenters. The summed E-state index contributed by atoms with van der Waals surface area (Å²) in [5, 5.41) is 9.69. The number of carbonyl (C=O) groups is 1. The zero-order valence-electron chi connectivity index (χ0n) is 9.84. The van der Waals surface area contributed by atoms with Gasteiger partial charge in [0.1, 0.15) is 5.82 Å². The number of aryl methyl sites for hydroxylation is 1. The van der Waals surface area contributed by atoms with Crippen LogP contribution in [0.15, 0.2) is 0 Å². The highest BCUT2D eigenvalue weighted by atomic mass is 16.2. The van der Waals surface area contributed by atoms with Gasteiger partial charge in [0.05, 0.1) is 0 Å². The number of nitrogens with zero attached hydrogens (tertiary/aromatic N) is 2. The van der Waals surface area contributed by atoms with Crippen molar-refractivity contribution in [1.82, 2.24) is 20.5 Å². The summed E-state index contributed by atoms with van der Waals surface area (Å²) in [7, 11) is 0. The third kappa shape index (κ3) is 2.23. The Hall–Kier alpha value is -1.39. The van der Waals surface area contributed by atoms with Gasteiger partial charge in [-0.3, -0.25) is 9.89 Å². The summed E-state index contributed by atoms with van der Waals surface area (Å²) in [6.45, 7) is 4.06. The minimum absolute atomic E-state index is 0.0654. The Kier molecular flexibility index (Phi) is 2.94. The molecule has 5 heteroatoms. The number of hydrogen-bond donors (Lipinski definition) is 2. The van der Waals surface area contributed by atoms with Crippen LogP contribution < -0.4 is 5.32 Å². The van der Waals surface area contributed by atoms with E-state index in [2.05, 4.69) is 27.4 Å². The van der Waals surface area contributed by atoms with Crippen molar-refractivity contribution in [2.45, 2.75) is 51.5 Å². The Bertz CT molecular complexity index is 379. The van der Waals surface area contributed by atoms with Crippen LogP contribution in [0.4, 0.5) is 0 Å². The molecule has 88 valence electrons. The summed E-state index contributed by atoms with van der Waals surface area (Å²) in [6, 6.07) is 0. The topological polar surface area (TPSA) is 70.7 Å². The summed E-state index contributed by atoms with van der Waals surface area (Å²) in [5.74, 6) is 0.840. The SMILES string of the molecule is CCc1nc(C(=O)NC2(C)CCCC2)n[nH]1. The van der Waals surface area contributed by atoms with Crippen LogP contribution in [0.1, 0.15) is 56.0 Å². The van der Waals surface area contributed by atoms with Crippen LogP contribution in [0.5, 0.6) is 0 Å². The fraction of sp³-hybridized carbons (Fsp3) is 0.727. The normalized spacial score (nSPS) is 18.6. The first-order chi connectivity index (χ1) is 7.63. The number of hydrogen-bond acceptors (Lipinski definition) is 3. The van der Waals surface area contributed by atoms with Gasteiger partial charge < -0.3 is 5.32 Å². The molecule has 0 aliphatic heterocycles. The fourth-order valence-electron chi connectivity index (χ4n) is 2.17. The highest BCUT2D eigenvalue weighted by Crippen LogP contribution is 2.28. The smallest absolute Gasteiger partial charge is 0.291 e. The molecule has 1 aromatic rings. The van der Waals surface area contributed by atoms with E-state index in [-0.39, 0.29) is 17.3 Å². The maximum absolute atomic E-state index is 11.9. The molecular weight excluding hydrogens is 204 g/mol. The second-order valence-corrected chi connectivity index (χ2v) is 4.68. The van der Waals surface area contributed by atoms with E-state index in [1.165, 1.54) is 12.8 Å². The van der Waals surface area contributed by atoms with E-state index in [9.17, 15) is 4.79 Å². The Balaban J connectivity index is 2.02. The van der Waals surface area contributed by atoms with E-state index < -0.39 is 0 Å². The highest BCUT2D eigenvalue weighted by molar-refractivity contribution is 5.90. The lowest BCUT2D eigenvalue weighted by molar-refractivity contribution is 0.0897. The summed E-state index contributed by atoms with van der Waals surface area (Å²) in [4.78, 5) is 16.0. The van der Waals surface area contributed by atoms with E-state index in [4.69, 9.17) is 0 Å². The average molecular weight is 222 g/mol. The monoisotopic (exact) mass is 222 g/mol. The van der Waals surface area contributed by atoms with Crippen LogP contribution in [0, 0.1) is 0 Å². The Labute approximate surface area is 95.0 Å². The minimum atomic E-state index is -0.166. The molecule has 1 aliphatic rings. The van der Waals surface area contributed by atoms with Gasteiger partial charge in [0.2, 0.25) is 5.82 Å². The van der Waals surface area contributed by atoms with Crippen molar-refractivity contribution in [3.63, 3.8) is 0 Å². The van der Waals surface area contributed by atoms with Gasteiger partial charge in [0.15, 0.2) is 0 Å². The molecular formula is C11H18N4O. The first kappa shape index (κ1) is 11.1. The van der Waals surface area contributed by atoms with Crippen LogP contribution in [0.25, 0.3) is 0 Å². The Morgan fingerprint density at radius 3 is 2.75 bits per heavy atom. The average Bonchev–Trinajstić information content (AvgIpc) is 2.86. The van der Waals surface area contributed by atoms with Crippen molar-refractivity contribution in [2.75, 3.05) is 0 Å². The zero-order chi connectivity index (χ0) is 11.6. The molecule has 0 radical (unpaired) electrons. The van der Waals surface area contributed by atoms with Crippen LogP contribution in [-0.2, 0) is 6.42 Å². The van der Waals surface area contributed by atoms with Crippen molar-refractivity contribution in [3.05, 3.63) is 11.6 Å². The molecule has 1 saturated carbocycles. The van der Waals surface area contributed by atoms with Gasteiger partial charge in [0, 0.05) is 12.0 Å². The van der Waals surface area contributed by atoms with Gasteiger partial charge in [-0.15, -0.1) is 5.10 Å². The van der Waals surface area contributed by atoms with Gasteiger partial charge in [-0.1, -0.05) is 19.8 Å². The third-order valence-electron chi connectivity index (χ3n) is 3.19. The van der Waals surface area contributed by atoms with E-state index in [1.54, 1.807) is 0 Å². The predicted octanol–water partition coefficient (Wildman–Crippen LogP) is 1.43. The van der Waals surface area contributed by atoms with Crippen molar-refractivity contribution in [2.24, 2.45) is 0 Å². The van der Waals surface area contributed by atoms with Crippen LogP contribution >= 0.6 is 0 Å². The van der Waals surface area contributed by atoms with Crippen molar-refractivity contribution >= 4 is 5.91 Å². The summed E-state index contributed by atoms with van der Waals surface area (Å²) in [5.41, 5.74) is -0.0654. The lowest BCUT2D eigenvalue weighted by Gasteiger charge is -2.24. The molecule has 1 aromatic heterocycles. The third-order valence-corrected chi connectivity index (χ3v) is 3.19. The first-order valence-electron chi connectivity index (χ1n) is 5.87. The molecule has 2 N–H and O–H groups in total. The molecule has 1 heterocycles. The molecule has 5 nitrogen and oxygen atoms in total. The maximum atomic E-state index is 11.9. The standard InChI is InChI=1S/C11H18N4O/c1-3-8-12-9(15-14-8)10(16)13-11(2)6-4-5-7-11/h3-7H2,1-2H3,(H,13,16)(H,12,14,15). The van der Waals surface area contributed by atoms with Gasteiger partial charge in [-0.05, 0) is 19.8 Å². The van der Waals surface area contributed by atoms with Gasteiger partial charge >= 0.3 is 0 Å². The quantitative estimate of drug-likeness (QED) is 0.812. The summed E-state index contributed by atoms with van der Waals surface area (Å²) in [6.07, 6.45) is 5.22. The number of rotatable bonds is 3. The van der Waals surface area contributed by atoms with Crippen LogP contribution in [0.2, 0.25) is 0 Å². The fourth-order valence-corrected chi connectivity index (χ4v) is 2.17. The number of aromatic nitrogens is 3. The first-order valence-corrected chi connectivity index (χ1v) is 5.87. The maximum Gasteiger partial charge on any atom is 0.291 e. The molecule has 0 saturated heterocycles. The second kappa shape index (κ2) is 4.23. The van der Waals surface area contributed by atoms with E-state index in [1.807, 2.05) is 6.92 Å². The molecule has 0 aromatic carbocycles. The number of amides is 1. The number of nitrogens with one attached hydrogen (secondary N) is 2. The van der Waals surface area contributed by atoms with Crippen molar-refractivity contribution < 1.29 is 4.79 Å². The molecule has 16 heavy (non-hydrogen) atoms. The molecule has 1 fully saturated rings.